The molecule has 2 unspecified atom stereocenters. The van der Waals surface area contributed by atoms with Crippen molar-refractivity contribution in [2.24, 2.45) is 17.6 Å². The molecule has 1 aliphatic heterocycles. The maximum absolute atomic E-state index is 11.9. The molecule has 92 valence electrons. The second kappa shape index (κ2) is 5.30. The molecule has 16 heavy (non-hydrogen) atoms. The lowest BCUT2D eigenvalue weighted by molar-refractivity contribution is -0.138. The van der Waals surface area contributed by atoms with Crippen molar-refractivity contribution in [2.75, 3.05) is 13.1 Å². The number of carboxylic acids is 1. The van der Waals surface area contributed by atoms with E-state index in [9.17, 15) is 9.59 Å². The lowest BCUT2D eigenvalue weighted by atomic mass is 10.0. The zero-order valence-electron chi connectivity index (χ0n) is 9.85. The summed E-state index contributed by atoms with van der Waals surface area (Å²) in [5.41, 5.74) is 5.78. The van der Waals surface area contributed by atoms with Crippen molar-refractivity contribution in [3.05, 3.63) is 0 Å². The normalized spacial score (nSPS) is 22.5. The van der Waals surface area contributed by atoms with Crippen LogP contribution in [0.5, 0.6) is 0 Å². The van der Waals surface area contributed by atoms with Crippen LogP contribution in [-0.4, -0.2) is 41.0 Å². The van der Waals surface area contributed by atoms with Crippen LogP contribution >= 0.6 is 0 Å². The Bertz CT molecular complexity index is 278. The van der Waals surface area contributed by atoms with Gasteiger partial charge in [-0.15, -0.1) is 0 Å². The standard InChI is InChI=1S/C11H20N2O3/c1-7(2)10(12)11(16)13-4-3-8(6-13)5-9(14)15/h7-8,10H,3-6,12H2,1-2H3,(H,14,15). The molecule has 1 aliphatic rings. The number of carbonyl (C=O) groups excluding carboxylic acids is 1. The van der Waals surface area contributed by atoms with Gasteiger partial charge in [0.05, 0.1) is 6.04 Å². The maximum atomic E-state index is 11.9. The Morgan fingerprint density at radius 1 is 1.50 bits per heavy atom. The largest absolute Gasteiger partial charge is 0.481 e. The number of carbonyl (C=O) groups is 2. The fraction of sp³-hybridized carbons (Fsp3) is 0.818. The molecule has 0 bridgehead atoms. The molecule has 0 saturated carbocycles. The lowest BCUT2D eigenvalue weighted by Crippen LogP contribution is -2.45. The van der Waals surface area contributed by atoms with E-state index < -0.39 is 12.0 Å². The van der Waals surface area contributed by atoms with Gasteiger partial charge in [0.15, 0.2) is 0 Å². The van der Waals surface area contributed by atoms with Crippen LogP contribution in [0.3, 0.4) is 0 Å². The molecule has 0 aromatic heterocycles. The number of carboxylic acid groups (broad SMARTS) is 1. The summed E-state index contributed by atoms with van der Waals surface area (Å²) in [6.45, 7) is 4.99. The number of amides is 1. The minimum Gasteiger partial charge on any atom is -0.481 e. The molecule has 0 aliphatic carbocycles. The average Bonchev–Trinajstić information content (AvgIpc) is 2.62. The molecule has 5 heteroatoms. The van der Waals surface area contributed by atoms with Gasteiger partial charge >= 0.3 is 5.97 Å². The van der Waals surface area contributed by atoms with E-state index >= 15 is 0 Å². The van der Waals surface area contributed by atoms with Gasteiger partial charge in [0, 0.05) is 19.5 Å². The number of aliphatic carboxylic acids is 1. The molecule has 1 heterocycles. The van der Waals surface area contributed by atoms with Crippen LogP contribution in [0.1, 0.15) is 26.7 Å². The highest BCUT2D eigenvalue weighted by molar-refractivity contribution is 5.82. The molecule has 0 radical (unpaired) electrons. The number of likely N-dealkylation sites (tertiary alicyclic amines) is 1. The van der Waals surface area contributed by atoms with Crippen LogP contribution in [-0.2, 0) is 9.59 Å². The van der Waals surface area contributed by atoms with Crippen molar-refractivity contribution >= 4 is 11.9 Å². The SMILES string of the molecule is CC(C)C(N)C(=O)N1CCC(CC(=O)O)C1. The molecule has 0 aromatic rings. The van der Waals surface area contributed by atoms with Crippen molar-refractivity contribution in [3.8, 4) is 0 Å². The molecule has 1 saturated heterocycles. The predicted octanol–water partition coefficient (Wildman–Crippen LogP) is 0.293. The quantitative estimate of drug-likeness (QED) is 0.724. The summed E-state index contributed by atoms with van der Waals surface area (Å²) in [6.07, 6.45) is 0.906. The Hall–Kier alpha value is -1.10. The van der Waals surface area contributed by atoms with Gasteiger partial charge in [-0.1, -0.05) is 13.8 Å². The van der Waals surface area contributed by atoms with E-state index in [0.717, 1.165) is 6.42 Å². The van der Waals surface area contributed by atoms with Crippen molar-refractivity contribution in [3.63, 3.8) is 0 Å². The molecular weight excluding hydrogens is 208 g/mol. The molecule has 1 fully saturated rings. The zero-order valence-corrected chi connectivity index (χ0v) is 9.85. The van der Waals surface area contributed by atoms with E-state index in [1.54, 1.807) is 4.90 Å². The van der Waals surface area contributed by atoms with Gasteiger partial charge in [-0.25, -0.2) is 0 Å². The summed E-state index contributed by atoms with van der Waals surface area (Å²) < 4.78 is 0. The van der Waals surface area contributed by atoms with Crippen LogP contribution < -0.4 is 5.73 Å². The summed E-state index contributed by atoms with van der Waals surface area (Å²) in [5.74, 6) is -0.651. The molecule has 3 N–H and O–H groups in total. The minimum atomic E-state index is -0.799. The first kappa shape index (κ1) is 13.0. The third kappa shape index (κ3) is 3.20. The van der Waals surface area contributed by atoms with E-state index in [1.807, 2.05) is 13.8 Å². The van der Waals surface area contributed by atoms with Crippen molar-refractivity contribution in [1.29, 1.82) is 0 Å². The Morgan fingerprint density at radius 3 is 2.62 bits per heavy atom. The highest BCUT2D eigenvalue weighted by atomic mass is 16.4. The minimum absolute atomic E-state index is 0.0529. The third-order valence-corrected chi connectivity index (χ3v) is 3.06. The monoisotopic (exact) mass is 228 g/mol. The third-order valence-electron chi connectivity index (χ3n) is 3.06. The highest BCUT2D eigenvalue weighted by Gasteiger charge is 2.31. The van der Waals surface area contributed by atoms with Crippen LogP contribution in [0.15, 0.2) is 0 Å². The molecular formula is C11H20N2O3. The van der Waals surface area contributed by atoms with Gasteiger partial charge < -0.3 is 15.7 Å². The Labute approximate surface area is 95.6 Å². The Balaban J connectivity index is 2.46. The first-order valence-electron chi connectivity index (χ1n) is 5.68. The second-order valence-corrected chi connectivity index (χ2v) is 4.81. The smallest absolute Gasteiger partial charge is 0.303 e. The molecule has 0 spiro atoms. The number of hydrogen-bond donors (Lipinski definition) is 2. The topological polar surface area (TPSA) is 83.6 Å². The molecule has 1 amide bonds. The van der Waals surface area contributed by atoms with Gasteiger partial charge in [-0.05, 0) is 18.3 Å². The molecule has 0 aromatic carbocycles. The van der Waals surface area contributed by atoms with Crippen LogP contribution in [0.2, 0.25) is 0 Å². The van der Waals surface area contributed by atoms with E-state index in [4.69, 9.17) is 10.8 Å². The van der Waals surface area contributed by atoms with Crippen molar-refractivity contribution in [2.45, 2.75) is 32.7 Å². The second-order valence-electron chi connectivity index (χ2n) is 4.81. The number of nitrogens with two attached hydrogens (primary N) is 1. The maximum Gasteiger partial charge on any atom is 0.303 e. The first-order valence-corrected chi connectivity index (χ1v) is 5.68. The summed E-state index contributed by atoms with van der Waals surface area (Å²) in [4.78, 5) is 24.1. The van der Waals surface area contributed by atoms with Gasteiger partial charge in [-0.2, -0.15) is 0 Å². The number of rotatable bonds is 4. The van der Waals surface area contributed by atoms with E-state index in [1.165, 1.54) is 0 Å². The van der Waals surface area contributed by atoms with E-state index in [2.05, 4.69) is 0 Å². The zero-order chi connectivity index (χ0) is 12.3. The predicted molar refractivity (Wildman–Crippen MR) is 59.8 cm³/mol. The first-order chi connectivity index (χ1) is 7.41. The van der Waals surface area contributed by atoms with Crippen LogP contribution in [0, 0.1) is 11.8 Å². The summed E-state index contributed by atoms with van der Waals surface area (Å²) >= 11 is 0. The summed E-state index contributed by atoms with van der Waals surface area (Å²) in [5, 5.41) is 8.67. The molecule has 2 atom stereocenters. The molecule has 1 rings (SSSR count). The average molecular weight is 228 g/mol. The Morgan fingerprint density at radius 2 is 2.12 bits per heavy atom. The summed E-state index contributed by atoms with van der Waals surface area (Å²) in [7, 11) is 0. The van der Waals surface area contributed by atoms with E-state index in [0.29, 0.717) is 13.1 Å². The highest BCUT2D eigenvalue weighted by Crippen LogP contribution is 2.20. The fourth-order valence-corrected chi connectivity index (χ4v) is 1.94. The van der Waals surface area contributed by atoms with Crippen LogP contribution in [0.25, 0.3) is 0 Å². The van der Waals surface area contributed by atoms with Gasteiger partial charge in [0.2, 0.25) is 5.91 Å². The Kier molecular flexibility index (Phi) is 4.29. The van der Waals surface area contributed by atoms with E-state index in [-0.39, 0.29) is 24.2 Å². The number of nitrogens with zero attached hydrogens (tertiary/aromatic N) is 1. The van der Waals surface area contributed by atoms with Gasteiger partial charge in [0.1, 0.15) is 0 Å². The molecule has 5 nitrogen and oxygen atoms in total. The van der Waals surface area contributed by atoms with Gasteiger partial charge in [0.25, 0.3) is 0 Å². The van der Waals surface area contributed by atoms with Gasteiger partial charge in [-0.3, -0.25) is 9.59 Å². The van der Waals surface area contributed by atoms with Crippen molar-refractivity contribution in [1.82, 2.24) is 4.90 Å². The van der Waals surface area contributed by atoms with Crippen molar-refractivity contribution < 1.29 is 14.7 Å². The van der Waals surface area contributed by atoms with Crippen LogP contribution in [0.4, 0.5) is 0 Å². The fourth-order valence-electron chi connectivity index (χ4n) is 1.94. The lowest BCUT2D eigenvalue weighted by Gasteiger charge is -2.22. The number of hydrogen-bond acceptors (Lipinski definition) is 3. The summed E-state index contributed by atoms with van der Waals surface area (Å²) in [6, 6.07) is -0.469.